The minimum absolute atomic E-state index is 0.00299. The lowest BCUT2D eigenvalue weighted by atomic mass is 9.88. The van der Waals surface area contributed by atoms with E-state index < -0.39 is 22.2 Å². The second-order valence-corrected chi connectivity index (χ2v) is 12.2. The second-order valence-electron chi connectivity index (χ2n) is 10.1. The number of aliphatic hydroxyl groups excluding tert-OH is 1. The van der Waals surface area contributed by atoms with Crippen LogP contribution in [0.2, 0.25) is 0 Å². The number of ether oxygens (including phenoxy) is 1. The zero-order valence-corrected chi connectivity index (χ0v) is 22.0. The lowest BCUT2D eigenvalue weighted by Gasteiger charge is -2.33. The smallest absolute Gasteiger partial charge is 0.227 e. The van der Waals surface area contributed by atoms with Crippen molar-refractivity contribution in [2.45, 2.75) is 64.5 Å². The molecule has 1 heterocycles. The summed E-state index contributed by atoms with van der Waals surface area (Å²) in [5.74, 6) is 0.137. The molecule has 2 aliphatic rings. The molecule has 1 saturated carbocycles. The number of hydrogen-bond acceptors (Lipinski definition) is 6. The number of carbonyl (C=O) groups is 2. The van der Waals surface area contributed by atoms with E-state index in [2.05, 4.69) is 5.32 Å². The molecular formula is C25H39N3O6S. The zero-order chi connectivity index (χ0) is 25.8. The summed E-state index contributed by atoms with van der Waals surface area (Å²) in [6, 6.07) is 4.87. The average Bonchev–Trinajstić information content (AvgIpc) is 2.86. The van der Waals surface area contributed by atoms with Crippen LogP contribution in [0.3, 0.4) is 0 Å². The molecule has 196 valence electrons. The van der Waals surface area contributed by atoms with E-state index in [0.717, 1.165) is 31.9 Å². The first-order valence-electron chi connectivity index (χ1n) is 12.4. The normalized spacial score (nSPS) is 23.0. The molecule has 1 aromatic rings. The first-order valence-corrected chi connectivity index (χ1v) is 14.3. The van der Waals surface area contributed by atoms with E-state index in [-0.39, 0.29) is 43.2 Å². The van der Waals surface area contributed by atoms with Crippen molar-refractivity contribution in [3.05, 3.63) is 23.8 Å². The molecule has 0 bridgehead atoms. The number of aliphatic hydroxyl groups is 1. The Morgan fingerprint density at radius 3 is 2.60 bits per heavy atom. The number of anilines is 1. The van der Waals surface area contributed by atoms with Gasteiger partial charge in [0.25, 0.3) is 0 Å². The molecule has 1 aliphatic carbocycles. The Hall–Kier alpha value is -2.17. The molecule has 1 aliphatic heterocycles. The highest BCUT2D eigenvalue weighted by Gasteiger charge is 2.32. The van der Waals surface area contributed by atoms with Crippen molar-refractivity contribution in [2.24, 2.45) is 11.8 Å². The van der Waals surface area contributed by atoms with Crippen LogP contribution in [-0.2, 0) is 26.0 Å². The predicted octanol–water partition coefficient (Wildman–Crippen LogP) is 2.25. The molecule has 2 amide bonds. The Kier molecular flexibility index (Phi) is 9.17. The van der Waals surface area contributed by atoms with E-state index in [0.29, 0.717) is 23.5 Å². The topological polar surface area (TPSA) is 116 Å². The van der Waals surface area contributed by atoms with Gasteiger partial charge in [0.1, 0.15) is 11.9 Å². The monoisotopic (exact) mass is 509 g/mol. The molecule has 0 unspecified atom stereocenters. The highest BCUT2D eigenvalue weighted by Crippen LogP contribution is 2.30. The summed E-state index contributed by atoms with van der Waals surface area (Å²) >= 11 is 0. The number of amides is 2. The van der Waals surface area contributed by atoms with Crippen molar-refractivity contribution in [1.29, 1.82) is 0 Å². The Morgan fingerprint density at radius 1 is 1.29 bits per heavy atom. The minimum atomic E-state index is -3.42. The summed E-state index contributed by atoms with van der Waals surface area (Å²) in [6.07, 6.45) is 5.74. The maximum atomic E-state index is 13.3. The van der Waals surface area contributed by atoms with Gasteiger partial charge in [-0.15, -0.1) is 0 Å². The summed E-state index contributed by atoms with van der Waals surface area (Å²) in [7, 11) is -1.92. The van der Waals surface area contributed by atoms with Gasteiger partial charge in [0.2, 0.25) is 21.8 Å². The lowest BCUT2D eigenvalue weighted by molar-refractivity contribution is -0.134. The number of nitrogens with one attached hydrogen (secondary N) is 1. The van der Waals surface area contributed by atoms with E-state index in [1.165, 1.54) is 17.8 Å². The van der Waals surface area contributed by atoms with Gasteiger partial charge in [0.05, 0.1) is 31.9 Å². The summed E-state index contributed by atoms with van der Waals surface area (Å²) in [4.78, 5) is 27.7. The van der Waals surface area contributed by atoms with Crippen LogP contribution >= 0.6 is 0 Å². The fourth-order valence-electron chi connectivity index (χ4n) is 4.72. The molecule has 2 N–H and O–H groups in total. The summed E-state index contributed by atoms with van der Waals surface area (Å²) < 4.78 is 31.7. The number of benzene rings is 1. The van der Waals surface area contributed by atoms with Crippen LogP contribution in [0.25, 0.3) is 0 Å². The number of rotatable bonds is 7. The molecule has 35 heavy (non-hydrogen) atoms. The van der Waals surface area contributed by atoms with Crippen LogP contribution in [0.1, 0.15) is 51.5 Å². The summed E-state index contributed by atoms with van der Waals surface area (Å²) in [5.41, 5.74) is 1.22. The number of nitrogens with zero attached hydrogens (tertiary/aromatic N) is 2. The second kappa shape index (κ2) is 11.7. The first kappa shape index (κ1) is 27.4. The number of fused-ring (bicyclic) bond motifs is 1. The summed E-state index contributed by atoms with van der Waals surface area (Å²) in [5, 5.41) is 12.7. The molecule has 3 rings (SSSR count). The molecule has 0 aromatic heterocycles. The molecule has 9 nitrogen and oxygen atoms in total. The third kappa shape index (κ3) is 7.17. The molecule has 0 saturated heterocycles. The molecular weight excluding hydrogens is 470 g/mol. The maximum Gasteiger partial charge on any atom is 0.227 e. The van der Waals surface area contributed by atoms with Gasteiger partial charge in [-0.05, 0) is 38.0 Å². The fourth-order valence-corrected chi connectivity index (χ4v) is 5.14. The van der Waals surface area contributed by atoms with E-state index >= 15 is 0 Å². The van der Waals surface area contributed by atoms with Crippen molar-refractivity contribution < 1.29 is 27.9 Å². The highest BCUT2D eigenvalue weighted by molar-refractivity contribution is 7.88. The standard InChI is InChI=1S/C25H39N3O6S/c1-17-14-28(18(2)16-29)24(30)13-20-12-21(26-25(31)19-8-6-5-7-9-19)10-11-22(20)34-23(17)15-27(3)35(4,32)33/h10-12,17-19,23,29H,5-9,13-16H2,1-4H3,(H,26,31)/t17-,18-,23-/m1/s1. The molecule has 3 atom stereocenters. The van der Waals surface area contributed by atoms with Gasteiger partial charge >= 0.3 is 0 Å². The van der Waals surface area contributed by atoms with E-state index in [4.69, 9.17) is 4.74 Å². The highest BCUT2D eigenvalue weighted by atomic mass is 32.2. The number of likely N-dealkylation sites (N-methyl/N-ethyl adjacent to an activating group) is 1. The van der Waals surface area contributed by atoms with E-state index in [1.807, 2.05) is 6.92 Å². The maximum absolute atomic E-state index is 13.3. The molecule has 0 spiro atoms. The number of hydrogen-bond donors (Lipinski definition) is 2. The molecule has 10 heteroatoms. The minimum Gasteiger partial charge on any atom is -0.488 e. The third-order valence-corrected chi connectivity index (χ3v) is 8.44. The Balaban J connectivity index is 1.91. The van der Waals surface area contributed by atoms with Gasteiger partial charge in [-0.3, -0.25) is 9.59 Å². The largest absolute Gasteiger partial charge is 0.488 e. The van der Waals surface area contributed by atoms with E-state index in [1.54, 1.807) is 30.0 Å². The Morgan fingerprint density at radius 2 is 1.97 bits per heavy atom. The molecule has 1 aromatic carbocycles. The van der Waals surface area contributed by atoms with E-state index in [9.17, 15) is 23.1 Å². The van der Waals surface area contributed by atoms with Crippen LogP contribution in [0, 0.1) is 11.8 Å². The number of sulfonamides is 1. The average molecular weight is 510 g/mol. The van der Waals surface area contributed by atoms with Crippen molar-refractivity contribution >= 4 is 27.5 Å². The predicted molar refractivity (Wildman–Crippen MR) is 135 cm³/mol. The van der Waals surface area contributed by atoms with Crippen LogP contribution in [0.4, 0.5) is 5.69 Å². The molecule has 1 fully saturated rings. The van der Waals surface area contributed by atoms with Crippen molar-refractivity contribution in [3.63, 3.8) is 0 Å². The van der Waals surface area contributed by atoms with Crippen LogP contribution in [-0.4, -0.2) is 79.7 Å². The quantitative estimate of drug-likeness (QED) is 0.582. The van der Waals surface area contributed by atoms with Crippen LogP contribution < -0.4 is 10.1 Å². The van der Waals surface area contributed by atoms with Gasteiger partial charge in [-0.2, -0.15) is 0 Å². The van der Waals surface area contributed by atoms with Gasteiger partial charge in [-0.25, -0.2) is 12.7 Å². The zero-order valence-electron chi connectivity index (χ0n) is 21.2. The Bertz CT molecular complexity index is 1010. The van der Waals surface area contributed by atoms with Crippen LogP contribution in [0.15, 0.2) is 18.2 Å². The first-order chi connectivity index (χ1) is 16.5. The van der Waals surface area contributed by atoms with Crippen molar-refractivity contribution in [1.82, 2.24) is 9.21 Å². The fraction of sp³-hybridized carbons (Fsp3) is 0.680. The molecule has 0 radical (unpaired) electrons. The SMILES string of the molecule is C[C@@H]1CN([C@H](C)CO)C(=O)Cc2cc(NC(=O)C3CCCCC3)ccc2O[C@@H]1CN(C)S(C)(=O)=O. The van der Waals surface area contributed by atoms with Gasteiger partial charge in [0, 0.05) is 36.7 Å². The number of carbonyl (C=O) groups excluding carboxylic acids is 2. The van der Waals surface area contributed by atoms with Crippen molar-refractivity contribution in [3.8, 4) is 5.75 Å². The lowest BCUT2D eigenvalue weighted by Crippen LogP contribution is -2.48. The third-order valence-electron chi connectivity index (χ3n) is 7.16. The van der Waals surface area contributed by atoms with Crippen LogP contribution in [0.5, 0.6) is 5.75 Å². The van der Waals surface area contributed by atoms with Crippen molar-refractivity contribution in [2.75, 3.05) is 38.3 Å². The van der Waals surface area contributed by atoms with Gasteiger partial charge < -0.3 is 20.1 Å². The van der Waals surface area contributed by atoms with Gasteiger partial charge in [0.15, 0.2) is 0 Å². The van der Waals surface area contributed by atoms with Gasteiger partial charge in [-0.1, -0.05) is 26.2 Å². The Labute approximate surface area is 208 Å². The summed E-state index contributed by atoms with van der Waals surface area (Å²) in [6.45, 7) is 3.95.